The third kappa shape index (κ3) is 10.8. The van der Waals surface area contributed by atoms with E-state index in [2.05, 4.69) is 30.6 Å². The number of rotatable bonds is 14. The van der Waals surface area contributed by atoms with Crippen molar-refractivity contribution in [2.24, 2.45) is 5.73 Å². The average molecular weight is 1040 g/mol. The largest absolute Gasteiger partial charge is 0.478 e. The standard InChI is InChI=1S/C26H19F2N5O3S.C26H18F2N4O4S/c27-20-5-3-14(8-21(20)28)13-33-7-1-2-17(26(33)36)25(35)32-11-16-4-6-22(37-16)19-12-31-24-18(19)9-15(10-30-24)23(29)34;27-20-5-3-14(8-21(20)28)13-32-7-1-2-17(25(32)34)24(33)31-11-16-4-6-22(37-16)19-12-30-23-18(19)9-15(10-29-23)26(35)36/h1-10,12H,11,13H2,(H2,29,34)(H,30,31)(H,32,35);1-10,12H,11,13H2,(H,29,30)(H,31,33)(H,35,36). The number of amides is 3. The summed E-state index contributed by atoms with van der Waals surface area (Å²) < 4.78 is 55.9. The second kappa shape index (κ2) is 21.2. The van der Waals surface area contributed by atoms with Crippen molar-refractivity contribution >= 4 is 68.4 Å². The molecule has 0 aliphatic carbocycles. The number of primary amides is 1. The van der Waals surface area contributed by atoms with E-state index in [-0.39, 0.29) is 42.9 Å². The van der Waals surface area contributed by atoms with E-state index < -0.39 is 58.1 Å². The number of hydrogen-bond donors (Lipinski definition) is 6. The molecule has 0 aliphatic rings. The van der Waals surface area contributed by atoms with Crippen LogP contribution in [-0.2, 0) is 26.2 Å². The number of hydrogen-bond acceptors (Lipinski definition) is 10. The van der Waals surface area contributed by atoms with Gasteiger partial charge in [-0.15, -0.1) is 22.7 Å². The summed E-state index contributed by atoms with van der Waals surface area (Å²) in [6.07, 6.45) is 9.18. The second-order valence-corrected chi connectivity index (χ2v) is 18.8. The van der Waals surface area contributed by atoms with Gasteiger partial charge in [0.05, 0.1) is 37.3 Å². The van der Waals surface area contributed by atoms with E-state index in [0.717, 1.165) is 60.3 Å². The van der Waals surface area contributed by atoms with Crippen molar-refractivity contribution in [3.8, 4) is 20.9 Å². The number of thiophene rings is 2. The van der Waals surface area contributed by atoms with Crippen LogP contribution in [0.2, 0.25) is 0 Å². The molecule has 0 saturated carbocycles. The summed E-state index contributed by atoms with van der Waals surface area (Å²) in [6.45, 7) is 0.326. The van der Waals surface area contributed by atoms with Crippen molar-refractivity contribution in [1.29, 1.82) is 0 Å². The number of carbonyl (C=O) groups is 4. The number of carbonyl (C=O) groups excluding carboxylic acids is 3. The van der Waals surface area contributed by atoms with Gasteiger partial charge in [-0.3, -0.25) is 24.0 Å². The Morgan fingerprint density at radius 3 is 1.47 bits per heavy atom. The van der Waals surface area contributed by atoms with Crippen molar-refractivity contribution in [1.82, 2.24) is 39.7 Å². The minimum atomic E-state index is -1.07. The van der Waals surface area contributed by atoms with Gasteiger partial charge in [-0.1, -0.05) is 12.1 Å². The van der Waals surface area contributed by atoms with Gasteiger partial charge in [0, 0.05) is 78.6 Å². The van der Waals surface area contributed by atoms with E-state index in [1.54, 1.807) is 30.6 Å². The fourth-order valence-corrected chi connectivity index (χ4v) is 9.72. The first-order chi connectivity index (χ1) is 35.6. The van der Waals surface area contributed by atoms with Gasteiger partial charge >= 0.3 is 5.97 Å². The molecule has 0 aliphatic heterocycles. The summed E-state index contributed by atoms with van der Waals surface area (Å²) in [5.74, 6) is -6.73. The number of nitrogens with one attached hydrogen (secondary N) is 4. The van der Waals surface area contributed by atoms with E-state index in [0.29, 0.717) is 33.4 Å². The molecule has 0 unspecified atom stereocenters. The van der Waals surface area contributed by atoms with Crippen LogP contribution in [0.15, 0.2) is 144 Å². The van der Waals surface area contributed by atoms with Crippen molar-refractivity contribution in [3.05, 3.63) is 221 Å². The predicted octanol–water partition coefficient (Wildman–Crippen LogP) is 8.22. The SMILES string of the molecule is NC(=O)c1cnc2[nH]cc(-c3ccc(CNC(=O)c4cccn(Cc5ccc(F)c(F)c5)c4=O)s3)c2c1.O=C(O)c1cnc2[nH]cc(-c3ccc(CNC(=O)c4cccn(Cc5ccc(F)c(F)c5)c4=O)s3)c2c1. The molecule has 10 aromatic rings. The highest BCUT2D eigenvalue weighted by Gasteiger charge is 2.18. The number of fused-ring (bicyclic) bond motifs is 2. The summed E-state index contributed by atoms with van der Waals surface area (Å²) in [4.78, 5) is 91.9. The van der Waals surface area contributed by atoms with Crippen molar-refractivity contribution < 1.29 is 41.8 Å². The number of benzene rings is 2. The molecule has 16 nitrogen and oxygen atoms in total. The van der Waals surface area contributed by atoms with Gasteiger partial charge in [-0.05, 0) is 96.1 Å². The Kier molecular flexibility index (Phi) is 14.2. The molecule has 8 heterocycles. The number of nitrogens with two attached hydrogens (primary N) is 1. The van der Waals surface area contributed by atoms with E-state index in [9.17, 15) is 51.4 Å². The number of carboxylic acids is 1. The number of pyridine rings is 4. The third-order valence-electron chi connectivity index (χ3n) is 11.5. The number of halogens is 4. The minimum Gasteiger partial charge on any atom is -0.478 e. The quantitative estimate of drug-likeness (QED) is 0.0575. The topological polar surface area (TPSA) is 240 Å². The Hall–Kier alpha value is -9.28. The zero-order valence-corrected chi connectivity index (χ0v) is 39.8. The van der Waals surface area contributed by atoms with Crippen molar-refractivity contribution in [2.75, 3.05) is 0 Å². The van der Waals surface area contributed by atoms with Crippen molar-refractivity contribution in [3.63, 3.8) is 0 Å². The summed E-state index contributed by atoms with van der Waals surface area (Å²) in [6, 6.07) is 23.3. The molecule has 0 radical (unpaired) electrons. The molecule has 74 heavy (non-hydrogen) atoms. The first-order valence-electron chi connectivity index (χ1n) is 22.1. The molecule has 0 bridgehead atoms. The van der Waals surface area contributed by atoms with Crippen LogP contribution in [0, 0.1) is 23.3 Å². The fourth-order valence-electron chi connectivity index (χ4n) is 7.76. The van der Waals surface area contributed by atoms with E-state index in [1.807, 2.05) is 24.3 Å². The normalized spacial score (nSPS) is 11.1. The Labute approximate surface area is 422 Å². The molecule has 0 spiro atoms. The molecule has 3 amide bonds. The predicted molar refractivity (Wildman–Crippen MR) is 269 cm³/mol. The Bertz CT molecular complexity index is 3700. The zero-order valence-electron chi connectivity index (χ0n) is 38.1. The van der Waals surface area contributed by atoms with Gasteiger partial charge in [0.15, 0.2) is 23.3 Å². The van der Waals surface area contributed by atoms with Crippen LogP contribution in [0.3, 0.4) is 0 Å². The van der Waals surface area contributed by atoms with Crippen LogP contribution in [0.5, 0.6) is 0 Å². The van der Waals surface area contributed by atoms with E-state index in [1.165, 1.54) is 86.9 Å². The van der Waals surface area contributed by atoms with Gasteiger partial charge in [0.25, 0.3) is 22.9 Å². The Morgan fingerprint density at radius 2 is 1.04 bits per heavy atom. The highest BCUT2D eigenvalue weighted by Crippen LogP contribution is 2.35. The lowest BCUT2D eigenvalue weighted by molar-refractivity contribution is 0.0695. The molecule has 372 valence electrons. The molecule has 8 aromatic heterocycles. The first kappa shape index (κ1) is 49.7. The van der Waals surface area contributed by atoms with Crippen LogP contribution in [0.4, 0.5) is 17.6 Å². The van der Waals surface area contributed by atoms with Gasteiger partial charge in [-0.2, -0.15) is 0 Å². The third-order valence-corrected chi connectivity index (χ3v) is 13.7. The number of carboxylic acid groups (broad SMARTS) is 1. The molecule has 10 rings (SSSR count). The van der Waals surface area contributed by atoms with Gasteiger partial charge in [0.2, 0.25) is 5.91 Å². The molecule has 0 saturated heterocycles. The molecule has 7 N–H and O–H groups in total. The van der Waals surface area contributed by atoms with Gasteiger partial charge in [0.1, 0.15) is 22.4 Å². The van der Waals surface area contributed by atoms with Crippen LogP contribution in [0.1, 0.15) is 62.3 Å². The lowest BCUT2D eigenvalue weighted by Crippen LogP contribution is -2.32. The Morgan fingerprint density at radius 1 is 0.595 bits per heavy atom. The number of aromatic carboxylic acids is 1. The molecular weight excluding hydrogens is 1000 g/mol. The highest BCUT2D eigenvalue weighted by atomic mass is 32.1. The maximum absolute atomic E-state index is 13.5. The van der Waals surface area contributed by atoms with Crippen molar-refractivity contribution in [2.45, 2.75) is 26.2 Å². The average Bonchev–Trinajstić information content (AvgIpc) is 4.23. The summed E-state index contributed by atoms with van der Waals surface area (Å²) in [5.41, 5.74) is 8.09. The summed E-state index contributed by atoms with van der Waals surface area (Å²) in [5, 5.41) is 16.2. The van der Waals surface area contributed by atoms with Crippen LogP contribution in [-0.4, -0.2) is 57.9 Å². The fraction of sp³-hybridized carbons (Fsp3) is 0.0769. The number of aromatic amines is 2. The molecular formula is C52H37F4N9O7S2. The molecule has 0 fully saturated rings. The first-order valence-corrected chi connectivity index (χ1v) is 23.7. The number of aromatic nitrogens is 6. The van der Waals surface area contributed by atoms with E-state index >= 15 is 0 Å². The van der Waals surface area contributed by atoms with Gasteiger partial charge < -0.3 is 40.6 Å². The smallest absolute Gasteiger partial charge is 0.337 e. The van der Waals surface area contributed by atoms with E-state index in [4.69, 9.17) is 5.73 Å². The minimum absolute atomic E-state index is 0.0115. The molecule has 0 atom stereocenters. The maximum Gasteiger partial charge on any atom is 0.337 e. The van der Waals surface area contributed by atoms with Crippen LogP contribution >= 0.6 is 22.7 Å². The Balaban J connectivity index is 0.000000182. The highest BCUT2D eigenvalue weighted by molar-refractivity contribution is 7.16. The monoisotopic (exact) mass is 1040 g/mol. The lowest BCUT2D eigenvalue weighted by Gasteiger charge is -2.09. The second-order valence-electron chi connectivity index (χ2n) is 16.4. The van der Waals surface area contributed by atoms with Gasteiger partial charge in [-0.25, -0.2) is 32.3 Å². The summed E-state index contributed by atoms with van der Waals surface area (Å²) in [7, 11) is 0. The maximum atomic E-state index is 13.5. The van der Waals surface area contributed by atoms with Crippen LogP contribution in [0.25, 0.3) is 42.9 Å². The summed E-state index contributed by atoms with van der Waals surface area (Å²) >= 11 is 2.85. The number of H-pyrrole nitrogens is 2. The lowest BCUT2D eigenvalue weighted by atomic mass is 10.1. The van der Waals surface area contributed by atoms with Crippen LogP contribution < -0.4 is 27.5 Å². The molecule has 2 aromatic carbocycles. The molecule has 22 heteroatoms. The zero-order chi connectivity index (χ0) is 52.2. The number of nitrogens with zero attached hydrogens (tertiary/aromatic N) is 4.